The summed E-state index contributed by atoms with van der Waals surface area (Å²) in [6, 6.07) is 7.59. The van der Waals surface area contributed by atoms with Crippen molar-refractivity contribution >= 4 is 17.8 Å². The molecule has 1 heterocycles. The zero-order valence-electron chi connectivity index (χ0n) is 12.6. The molecule has 2 N–H and O–H groups in total. The van der Waals surface area contributed by atoms with Gasteiger partial charge in [0.1, 0.15) is 6.10 Å². The second-order valence-corrected chi connectivity index (χ2v) is 5.11. The van der Waals surface area contributed by atoms with Gasteiger partial charge in [0.2, 0.25) is 5.82 Å². The van der Waals surface area contributed by atoms with E-state index in [0.29, 0.717) is 18.3 Å². The number of hydrogen-bond donors (Lipinski definition) is 1. The molecule has 0 amide bonds. The van der Waals surface area contributed by atoms with E-state index in [1.54, 1.807) is 6.08 Å². The summed E-state index contributed by atoms with van der Waals surface area (Å²) in [6.45, 7) is 6.71. The van der Waals surface area contributed by atoms with Crippen LogP contribution in [-0.4, -0.2) is 16.7 Å². The standard InChI is InChI=1S/C16H21N3O2/c1-4-20-15(11(2)3)16-18-14(21-19-16)9-8-12-6-5-7-13(17)10-12/h5-11,15H,4,17H2,1-3H3/b9-8+. The first kappa shape index (κ1) is 15.3. The van der Waals surface area contributed by atoms with Crippen LogP contribution in [0.3, 0.4) is 0 Å². The molecular weight excluding hydrogens is 266 g/mol. The fourth-order valence-corrected chi connectivity index (χ4v) is 2.01. The van der Waals surface area contributed by atoms with Crippen LogP contribution in [0, 0.1) is 5.92 Å². The third-order valence-corrected chi connectivity index (χ3v) is 2.99. The Morgan fingerprint density at radius 2 is 2.14 bits per heavy atom. The Morgan fingerprint density at radius 1 is 1.33 bits per heavy atom. The lowest BCUT2D eigenvalue weighted by Crippen LogP contribution is -2.12. The summed E-state index contributed by atoms with van der Waals surface area (Å²) in [5.74, 6) is 1.32. The Labute approximate surface area is 124 Å². The fourth-order valence-electron chi connectivity index (χ4n) is 2.01. The van der Waals surface area contributed by atoms with Gasteiger partial charge in [-0.25, -0.2) is 0 Å². The highest BCUT2D eigenvalue weighted by atomic mass is 16.5. The molecule has 0 spiro atoms. The molecule has 0 aliphatic carbocycles. The van der Waals surface area contributed by atoms with Crippen molar-refractivity contribution in [1.82, 2.24) is 10.1 Å². The third-order valence-electron chi connectivity index (χ3n) is 2.99. The highest BCUT2D eigenvalue weighted by Crippen LogP contribution is 2.23. The van der Waals surface area contributed by atoms with Crippen LogP contribution in [0.25, 0.3) is 12.2 Å². The molecule has 1 aromatic carbocycles. The van der Waals surface area contributed by atoms with Crippen molar-refractivity contribution in [2.45, 2.75) is 26.9 Å². The number of nitrogens with zero attached hydrogens (tertiary/aromatic N) is 2. The summed E-state index contributed by atoms with van der Waals surface area (Å²) in [6.07, 6.45) is 3.51. The normalized spacial score (nSPS) is 13.1. The van der Waals surface area contributed by atoms with Crippen molar-refractivity contribution in [1.29, 1.82) is 0 Å². The largest absolute Gasteiger partial charge is 0.399 e. The van der Waals surface area contributed by atoms with Gasteiger partial charge in [-0.2, -0.15) is 4.98 Å². The Kier molecular flexibility index (Phi) is 5.11. The van der Waals surface area contributed by atoms with Gasteiger partial charge in [0.05, 0.1) is 0 Å². The zero-order valence-corrected chi connectivity index (χ0v) is 12.6. The highest BCUT2D eigenvalue weighted by Gasteiger charge is 2.21. The quantitative estimate of drug-likeness (QED) is 0.822. The number of anilines is 1. The molecule has 1 aromatic heterocycles. The molecule has 112 valence electrons. The van der Waals surface area contributed by atoms with E-state index < -0.39 is 0 Å². The minimum Gasteiger partial charge on any atom is -0.399 e. The van der Waals surface area contributed by atoms with Crippen LogP contribution in [0.1, 0.15) is 44.2 Å². The number of aromatic nitrogens is 2. The molecule has 0 radical (unpaired) electrons. The maximum absolute atomic E-state index is 5.74. The summed E-state index contributed by atoms with van der Waals surface area (Å²) in [7, 11) is 0. The van der Waals surface area contributed by atoms with Crippen LogP contribution in [-0.2, 0) is 4.74 Å². The molecule has 0 aliphatic heterocycles. The van der Waals surface area contributed by atoms with Gasteiger partial charge < -0.3 is 15.0 Å². The van der Waals surface area contributed by atoms with Gasteiger partial charge >= 0.3 is 0 Å². The molecule has 2 aromatic rings. The van der Waals surface area contributed by atoms with Gasteiger partial charge in [-0.15, -0.1) is 0 Å². The first-order valence-corrected chi connectivity index (χ1v) is 7.09. The van der Waals surface area contributed by atoms with Gasteiger partial charge in [-0.05, 0) is 36.6 Å². The first-order chi connectivity index (χ1) is 10.1. The molecule has 0 fully saturated rings. The molecule has 0 saturated heterocycles. The van der Waals surface area contributed by atoms with E-state index in [-0.39, 0.29) is 12.0 Å². The van der Waals surface area contributed by atoms with Crippen molar-refractivity contribution < 1.29 is 9.26 Å². The van der Waals surface area contributed by atoms with E-state index in [1.165, 1.54) is 0 Å². The van der Waals surface area contributed by atoms with Crippen LogP contribution >= 0.6 is 0 Å². The van der Waals surface area contributed by atoms with Gasteiger partial charge in [0.25, 0.3) is 5.89 Å². The van der Waals surface area contributed by atoms with Crippen molar-refractivity contribution in [3.05, 3.63) is 41.5 Å². The minimum absolute atomic E-state index is 0.145. The summed E-state index contributed by atoms with van der Waals surface area (Å²) in [5, 5.41) is 4.00. The number of nitrogen functional groups attached to an aromatic ring is 1. The zero-order chi connectivity index (χ0) is 15.2. The van der Waals surface area contributed by atoms with E-state index in [2.05, 4.69) is 24.0 Å². The monoisotopic (exact) mass is 287 g/mol. The third kappa shape index (κ3) is 4.16. The van der Waals surface area contributed by atoms with Crippen LogP contribution in [0.4, 0.5) is 5.69 Å². The Hall–Kier alpha value is -2.14. The molecule has 2 rings (SSSR count). The first-order valence-electron chi connectivity index (χ1n) is 7.09. The lowest BCUT2D eigenvalue weighted by atomic mass is 10.1. The smallest absolute Gasteiger partial charge is 0.250 e. The molecular formula is C16H21N3O2. The molecule has 5 heteroatoms. The second-order valence-electron chi connectivity index (χ2n) is 5.11. The topological polar surface area (TPSA) is 74.2 Å². The number of rotatable bonds is 6. The fraction of sp³-hybridized carbons (Fsp3) is 0.375. The maximum atomic E-state index is 5.74. The van der Waals surface area contributed by atoms with E-state index in [1.807, 2.05) is 37.3 Å². The van der Waals surface area contributed by atoms with Crippen molar-refractivity contribution in [2.75, 3.05) is 12.3 Å². The van der Waals surface area contributed by atoms with Crippen molar-refractivity contribution in [3.63, 3.8) is 0 Å². The molecule has 5 nitrogen and oxygen atoms in total. The predicted molar refractivity (Wildman–Crippen MR) is 83.3 cm³/mol. The summed E-state index contributed by atoms with van der Waals surface area (Å²) in [5.41, 5.74) is 7.44. The van der Waals surface area contributed by atoms with Crippen molar-refractivity contribution in [3.8, 4) is 0 Å². The molecule has 21 heavy (non-hydrogen) atoms. The SMILES string of the molecule is CCOC(c1noc(/C=C/c2cccc(N)c2)n1)C(C)C. The average Bonchev–Trinajstić information content (AvgIpc) is 2.91. The number of hydrogen-bond acceptors (Lipinski definition) is 5. The number of ether oxygens (including phenoxy) is 1. The summed E-state index contributed by atoms with van der Waals surface area (Å²) >= 11 is 0. The van der Waals surface area contributed by atoms with Gasteiger partial charge in [0.15, 0.2) is 0 Å². The van der Waals surface area contributed by atoms with Crippen LogP contribution < -0.4 is 5.73 Å². The Bertz CT molecular complexity index is 605. The molecule has 1 unspecified atom stereocenters. The predicted octanol–water partition coefficient (Wildman–Crippen LogP) is 3.56. The van der Waals surface area contributed by atoms with Gasteiger partial charge in [-0.1, -0.05) is 31.1 Å². The molecule has 0 aliphatic rings. The van der Waals surface area contributed by atoms with Crippen LogP contribution in [0.15, 0.2) is 28.8 Å². The van der Waals surface area contributed by atoms with E-state index in [0.717, 1.165) is 11.3 Å². The lowest BCUT2D eigenvalue weighted by Gasteiger charge is -2.16. The minimum atomic E-state index is -0.145. The van der Waals surface area contributed by atoms with E-state index >= 15 is 0 Å². The average molecular weight is 287 g/mol. The van der Waals surface area contributed by atoms with Gasteiger partial charge in [-0.3, -0.25) is 0 Å². The van der Waals surface area contributed by atoms with Crippen LogP contribution in [0.2, 0.25) is 0 Å². The molecule has 0 bridgehead atoms. The van der Waals surface area contributed by atoms with E-state index in [4.69, 9.17) is 15.0 Å². The number of benzene rings is 1. The van der Waals surface area contributed by atoms with Crippen molar-refractivity contribution in [2.24, 2.45) is 5.92 Å². The summed E-state index contributed by atoms with van der Waals surface area (Å²) < 4.78 is 10.9. The van der Waals surface area contributed by atoms with Crippen LogP contribution in [0.5, 0.6) is 0 Å². The van der Waals surface area contributed by atoms with Gasteiger partial charge in [0, 0.05) is 18.4 Å². The molecule has 0 saturated carbocycles. The summed E-state index contributed by atoms with van der Waals surface area (Å²) in [4.78, 5) is 4.37. The lowest BCUT2D eigenvalue weighted by molar-refractivity contribution is 0.0217. The molecule has 1 atom stereocenters. The second kappa shape index (κ2) is 7.04. The Morgan fingerprint density at radius 3 is 2.81 bits per heavy atom. The van der Waals surface area contributed by atoms with E-state index in [9.17, 15) is 0 Å². The number of nitrogens with two attached hydrogens (primary N) is 1. The maximum Gasteiger partial charge on any atom is 0.250 e. The Balaban J connectivity index is 2.12. The highest BCUT2D eigenvalue weighted by molar-refractivity contribution is 5.67.